The van der Waals surface area contributed by atoms with Gasteiger partial charge in [0.2, 0.25) is 11.7 Å². The summed E-state index contributed by atoms with van der Waals surface area (Å²) in [6.45, 7) is 4.31. The molecule has 0 amide bonds. The molecule has 2 aromatic rings. The quantitative estimate of drug-likeness (QED) is 0.343. The van der Waals surface area contributed by atoms with E-state index in [-0.39, 0.29) is 0 Å². The number of aryl methyl sites for hydroxylation is 2. The van der Waals surface area contributed by atoms with Crippen molar-refractivity contribution in [2.45, 2.75) is 58.8 Å². The van der Waals surface area contributed by atoms with E-state index in [1.807, 2.05) is 48.5 Å². The van der Waals surface area contributed by atoms with Crippen LogP contribution in [-0.2, 0) is 12.8 Å². The number of benzene rings is 2. The summed E-state index contributed by atoms with van der Waals surface area (Å²) in [6, 6.07) is 15.2. The first-order valence-corrected chi connectivity index (χ1v) is 10.4. The Morgan fingerprint density at radius 1 is 0.621 bits per heavy atom. The first-order valence-electron chi connectivity index (χ1n) is 10.4. The highest BCUT2D eigenvalue weighted by molar-refractivity contribution is 5.45. The van der Waals surface area contributed by atoms with Crippen LogP contribution in [-0.4, -0.2) is 0 Å². The van der Waals surface area contributed by atoms with E-state index in [0.717, 1.165) is 19.3 Å². The minimum Gasteiger partial charge on any atom is -0.193 e. The van der Waals surface area contributed by atoms with Gasteiger partial charge in [-0.25, -0.2) is 0 Å². The Labute approximate surface area is 174 Å². The molecule has 0 aliphatic rings. The van der Waals surface area contributed by atoms with Gasteiger partial charge in [-0.05, 0) is 66.5 Å². The fourth-order valence-electron chi connectivity index (χ4n) is 2.92. The van der Waals surface area contributed by atoms with Gasteiger partial charge in [-0.3, -0.25) is 0 Å². The number of halogens is 2. The van der Waals surface area contributed by atoms with Crippen molar-refractivity contribution in [1.29, 1.82) is 0 Å². The molecule has 0 radical (unpaired) electrons. The van der Waals surface area contributed by atoms with Crippen molar-refractivity contribution in [2.75, 3.05) is 0 Å². The first-order chi connectivity index (χ1) is 14.1. The molecule has 150 valence electrons. The summed E-state index contributed by atoms with van der Waals surface area (Å²) < 4.78 is 27.8. The summed E-state index contributed by atoms with van der Waals surface area (Å²) in [7, 11) is 0. The molecule has 2 aromatic carbocycles. The van der Waals surface area contributed by atoms with E-state index < -0.39 is 11.7 Å². The second-order valence-electron chi connectivity index (χ2n) is 7.08. The molecule has 0 fully saturated rings. The fraction of sp³-hybridized carbons (Fsp3) is 0.333. The van der Waals surface area contributed by atoms with Crippen LogP contribution in [0.3, 0.4) is 0 Å². The summed E-state index contributed by atoms with van der Waals surface area (Å²) >= 11 is 0. The number of hydrogen-bond donors (Lipinski definition) is 0. The molecule has 0 aliphatic heterocycles. The largest absolute Gasteiger partial charge is 0.217 e. The van der Waals surface area contributed by atoms with Gasteiger partial charge in [-0.15, -0.1) is 0 Å². The maximum atomic E-state index is 13.9. The molecule has 29 heavy (non-hydrogen) atoms. The molecule has 0 aromatic heterocycles. The van der Waals surface area contributed by atoms with Gasteiger partial charge in [0.25, 0.3) is 0 Å². The fourth-order valence-corrected chi connectivity index (χ4v) is 2.92. The summed E-state index contributed by atoms with van der Waals surface area (Å²) in [6.07, 6.45) is 7.97. The van der Waals surface area contributed by atoms with E-state index in [9.17, 15) is 8.78 Å². The summed E-state index contributed by atoms with van der Waals surface area (Å²) in [4.78, 5) is 0. The lowest BCUT2D eigenvalue weighted by Crippen LogP contribution is -1.86. The van der Waals surface area contributed by atoms with Crippen molar-refractivity contribution < 1.29 is 8.78 Å². The predicted octanol–water partition coefficient (Wildman–Crippen LogP) is 7.32. The highest BCUT2D eigenvalue weighted by Gasteiger charge is 2.00. The van der Waals surface area contributed by atoms with Gasteiger partial charge in [0, 0.05) is 11.1 Å². The van der Waals surface area contributed by atoms with E-state index in [1.165, 1.54) is 36.8 Å². The second-order valence-corrected chi connectivity index (χ2v) is 7.08. The molecule has 2 heteroatoms. The zero-order valence-electron chi connectivity index (χ0n) is 17.3. The number of rotatable bonds is 7. The average Bonchev–Trinajstić information content (AvgIpc) is 2.75. The molecule has 0 unspecified atom stereocenters. The van der Waals surface area contributed by atoms with Crippen molar-refractivity contribution >= 4 is 0 Å². The lowest BCUT2D eigenvalue weighted by Gasteiger charge is -2.01. The van der Waals surface area contributed by atoms with E-state index in [1.54, 1.807) is 0 Å². The molecule has 0 aliphatic carbocycles. The highest BCUT2D eigenvalue weighted by Crippen LogP contribution is 2.11. The zero-order chi connectivity index (χ0) is 20.9. The van der Waals surface area contributed by atoms with Gasteiger partial charge in [-0.2, -0.15) is 8.78 Å². The van der Waals surface area contributed by atoms with E-state index >= 15 is 0 Å². The van der Waals surface area contributed by atoms with Gasteiger partial charge in [0.15, 0.2) is 0 Å². The van der Waals surface area contributed by atoms with Gasteiger partial charge >= 0.3 is 0 Å². The monoisotopic (exact) mass is 390 g/mol. The SMILES string of the molecule is CCCCCCc1ccc(C#CC(F)=C(F)C#Cc2ccc(CCC)cc2)cc1. The van der Waals surface area contributed by atoms with Crippen molar-refractivity contribution in [3.05, 3.63) is 82.4 Å². The third-order valence-corrected chi connectivity index (χ3v) is 4.59. The molecule has 0 bridgehead atoms. The standard InChI is InChI=1S/C27H28F2/c1-3-5-6-7-9-23-12-16-25(17-13-23)19-21-27(29)26(28)20-18-24-14-10-22(8-4-2)11-15-24/h10-17H,3-9H2,1-2H3. The minimum atomic E-state index is -1.14. The van der Waals surface area contributed by atoms with Crippen LogP contribution in [0.1, 0.15) is 68.2 Å². The van der Waals surface area contributed by atoms with Crippen molar-refractivity contribution in [2.24, 2.45) is 0 Å². The van der Waals surface area contributed by atoms with Crippen molar-refractivity contribution in [3.8, 4) is 23.7 Å². The zero-order valence-corrected chi connectivity index (χ0v) is 17.3. The molecule has 0 saturated carbocycles. The van der Waals surface area contributed by atoms with Crippen molar-refractivity contribution in [1.82, 2.24) is 0 Å². The summed E-state index contributed by atoms with van der Waals surface area (Å²) in [5.41, 5.74) is 3.75. The smallest absolute Gasteiger partial charge is 0.193 e. The van der Waals surface area contributed by atoms with Gasteiger partial charge in [0.05, 0.1) is 0 Å². The molecule has 0 nitrogen and oxygen atoms in total. The molecule has 0 spiro atoms. The van der Waals surface area contributed by atoms with Crippen LogP contribution in [0.25, 0.3) is 0 Å². The van der Waals surface area contributed by atoms with E-state index in [2.05, 4.69) is 37.5 Å². The Bertz CT molecular complexity index is 911. The van der Waals surface area contributed by atoms with Crippen LogP contribution in [0, 0.1) is 23.7 Å². The van der Waals surface area contributed by atoms with Crippen LogP contribution >= 0.6 is 0 Å². The Morgan fingerprint density at radius 2 is 1.10 bits per heavy atom. The first kappa shape index (κ1) is 22.4. The van der Waals surface area contributed by atoms with Crippen LogP contribution in [0.5, 0.6) is 0 Å². The van der Waals surface area contributed by atoms with Crippen LogP contribution < -0.4 is 0 Å². The Balaban J connectivity index is 1.97. The highest BCUT2D eigenvalue weighted by atomic mass is 19.2. The minimum absolute atomic E-state index is 0.648. The third kappa shape index (κ3) is 8.37. The number of unbranched alkanes of at least 4 members (excludes halogenated alkanes) is 3. The Kier molecular flexibility index (Phi) is 9.74. The maximum Gasteiger partial charge on any atom is 0.217 e. The number of allylic oxidation sites excluding steroid dienone is 2. The molecular formula is C27H28F2. The topological polar surface area (TPSA) is 0 Å². The average molecular weight is 391 g/mol. The van der Waals surface area contributed by atoms with Crippen LogP contribution in [0.2, 0.25) is 0 Å². The van der Waals surface area contributed by atoms with Crippen molar-refractivity contribution in [3.63, 3.8) is 0 Å². The summed E-state index contributed by atoms with van der Waals surface area (Å²) in [5.74, 6) is 7.46. The lowest BCUT2D eigenvalue weighted by atomic mass is 10.0. The maximum absolute atomic E-state index is 13.9. The molecule has 0 heterocycles. The third-order valence-electron chi connectivity index (χ3n) is 4.59. The molecule has 0 N–H and O–H groups in total. The Morgan fingerprint density at radius 3 is 1.55 bits per heavy atom. The number of hydrogen-bond acceptors (Lipinski definition) is 0. The summed E-state index contributed by atoms with van der Waals surface area (Å²) in [5, 5.41) is 0. The van der Waals surface area contributed by atoms with E-state index in [0.29, 0.717) is 11.1 Å². The van der Waals surface area contributed by atoms with Crippen LogP contribution in [0.15, 0.2) is 60.2 Å². The molecule has 0 atom stereocenters. The van der Waals surface area contributed by atoms with Gasteiger partial charge in [-0.1, -0.05) is 75.6 Å². The molecule has 2 rings (SSSR count). The van der Waals surface area contributed by atoms with E-state index in [4.69, 9.17) is 0 Å². The van der Waals surface area contributed by atoms with Gasteiger partial charge in [0.1, 0.15) is 0 Å². The predicted molar refractivity (Wildman–Crippen MR) is 118 cm³/mol. The second kappa shape index (κ2) is 12.6. The molecule has 0 saturated heterocycles. The molecular weight excluding hydrogens is 362 g/mol. The van der Waals surface area contributed by atoms with Crippen LogP contribution in [0.4, 0.5) is 8.78 Å². The Hall–Kier alpha value is -2.84. The lowest BCUT2D eigenvalue weighted by molar-refractivity contribution is 0.584. The normalized spacial score (nSPS) is 11.0. The van der Waals surface area contributed by atoms with Gasteiger partial charge < -0.3 is 0 Å².